The number of amides is 2. The van der Waals surface area contributed by atoms with Crippen molar-refractivity contribution in [3.8, 4) is 0 Å². The average molecular weight is 444 g/mol. The fourth-order valence-electron chi connectivity index (χ4n) is 4.31. The zero-order valence-electron chi connectivity index (χ0n) is 17.6. The molecule has 2 amide bonds. The Morgan fingerprint density at radius 1 is 1.13 bits per heavy atom. The third kappa shape index (κ3) is 5.43. The maximum atomic E-state index is 13.1. The Labute approximate surface area is 183 Å². The standard InChI is InChI=1S/C23H29N3O4S/c27-23(26(17-20-8-5-13-30-20)16-18-6-4-12-24-15-18)25-19-7-3-11-22(14-19)31(28,29)21-9-1-2-10-21/h3-4,6-7,11-12,14-15,20-21H,1-2,5,8-10,13,16-17H2,(H,25,27). The van der Waals surface area contributed by atoms with Crippen LogP contribution < -0.4 is 5.32 Å². The van der Waals surface area contributed by atoms with E-state index in [0.29, 0.717) is 38.2 Å². The van der Waals surface area contributed by atoms with E-state index in [9.17, 15) is 13.2 Å². The number of carbonyl (C=O) groups is 1. The lowest BCUT2D eigenvalue weighted by atomic mass is 10.2. The summed E-state index contributed by atoms with van der Waals surface area (Å²) in [6.45, 7) is 1.59. The third-order valence-corrected chi connectivity index (χ3v) is 8.25. The number of benzene rings is 1. The van der Waals surface area contributed by atoms with Crippen molar-refractivity contribution in [1.82, 2.24) is 9.88 Å². The Morgan fingerprint density at radius 2 is 1.97 bits per heavy atom. The van der Waals surface area contributed by atoms with Crippen molar-refractivity contribution in [2.75, 3.05) is 18.5 Å². The highest BCUT2D eigenvalue weighted by atomic mass is 32.2. The van der Waals surface area contributed by atoms with Gasteiger partial charge < -0.3 is 15.0 Å². The summed E-state index contributed by atoms with van der Waals surface area (Å²) >= 11 is 0. The number of nitrogens with one attached hydrogen (secondary N) is 1. The van der Waals surface area contributed by atoms with Crippen LogP contribution in [-0.2, 0) is 21.1 Å². The Balaban J connectivity index is 1.49. The molecule has 1 N–H and O–H groups in total. The van der Waals surface area contributed by atoms with Crippen LogP contribution in [0.25, 0.3) is 0 Å². The lowest BCUT2D eigenvalue weighted by Gasteiger charge is -2.26. The second-order valence-electron chi connectivity index (χ2n) is 8.29. The lowest BCUT2D eigenvalue weighted by Crippen LogP contribution is -2.39. The third-order valence-electron chi connectivity index (χ3n) is 5.99. The van der Waals surface area contributed by atoms with Crippen LogP contribution in [0.1, 0.15) is 44.1 Å². The maximum absolute atomic E-state index is 13.1. The molecule has 1 aliphatic heterocycles. The SMILES string of the molecule is O=C(Nc1cccc(S(=O)(=O)C2CCCC2)c1)N(Cc1cccnc1)CC1CCCO1. The molecule has 1 unspecified atom stereocenters. The van der Waals surface area contributed by atoms with Gasteiger partial charge in [0, 0.05) is 37.8 Å². The van der Waals surface area contributed by atoms with Gasteiger partial charge in [0.25, 0.3) is 0 Å². The van der Waals surface area contributed by atoms with Crippen LogP contribution in [0.3, 0.4) is 0 Å². The highest BCUT2D eigenvalue weighted by molar-refractivity contribution is 7.92. The molecule has 2 aromatic rings. The highest BCUT2D eigenvalue weighted by Crippen LogP contribution is 2.30. The summed E-state index contributed by atoms with van der Waals surface area (Å²) in [7, 11) is -3.38. The first kappa shape index (κ1) is 21.8. The molecule has 0 spiro atoms. The second kappa shape index (κ2) is 9.78. The molecule has 166 valence electrons. The van der Waals surface area contributed by atoms with Gasteiger partial charge in [0.1, 0.15) is 0 Å². The van der Waals surface area contributed by atoms with Crippen LogP contribution in [0.2, 0.25) is 0 Å². The fourth-order valence-corrected chi connectivity index (χ4v) is 6.21. The fraction of sp³-hybridized carbons (Fsp3) is 0.478. The van der Waals surface area contributed by atoms with Crippen LogP contribution in [-0.4, -0.2) is 48.8 Å². The van der Waals surface area contributed by atoms with E-state index < -0.39 is 9.84 Å². The predicted molar refractivity (Wildman–Crippen MR) is 119 cm³/mol. The van der Waals surface area contributed by atoms with Crippen LogP contribution in [0, 0.1) is 0 Å². The van der Waals surface area contributed by atoms with E-state index in [-0.39, 0.29) is 22.3 Å². The molecular formula is C23H29N3O4S. The molecule has 1 saturated heterocycles. The number of ether oxygens (including phenoxy) is 1. The summed E-state index contributed by atoms with van der Waals surface area (Å²) in [6, 6.07) is 10.1. The summed E-state index contributed by atoms with van der Waals surface area (Å²) in [4.78, 5) is 19.2. The van der Waals surface area contributed by atoms with E-state index in [1.807, 2.05) is 12.1 Å². The molecule has 1 aliphatic carbocycles. The Morgan fingerprint density at radius 3 is 2.68 bits per heavy atom. The Kier molecular flexibility index (Phi) is 6.87. The van der Waals surface area contributed by atoms with Crippen molar-refractivity contribution in [3.05, 3.63) is 54.4 Å². The first-order valence-electron chi connectivity index (χ1n) is 10.9. The molecule has 4 rings (SSSR count). The van der Waals surface area contributed by atoms with Gasteiger partial charge in [0.15, 0.2) is 9.84 Å². The maximum Gasteiger partial charge on any atom is 0.322 e. The number of hydrogen-bond donors (Lipinski definition) is 1. The van der Waals surface area contributed by atoms with Crippen molar-refractivity contribution in [1.29, 1.82) is 0 Å². The Hall–Kier alpha value is -2.45. The normalized spacial score (nSPS) is 19.4. The van der Waals surface area contributed by atoms with Gasteiger partial charge in [-0.25, -0.2) is 13.2 Å². The van der Waals surface area contributed by atoms with E-state index in [1.165, 1.54) is 0 Å². The summed E-state index contributed by atoms with van der Waals surface area (Å²) in [5.74, 6) is 0. The number of carbonyl (C=O) groups excluding carboxylic acids is 1. The second-order valence-corrected chi connectivity index (χ2v) is 10.5. The molecule has 0 bridgehead atoms. The van der Waals surface area contributed by atoms with Gasteiger partial charge >= 0.3 is 6.03 Å². The van der Waals surface area contributed by atoms with Gasteiger partial charge in [-0.1, -0.05) is 25.0 Å². The molecule has 1 aromatic carbocycles. The number of anilines is 1. The Bertz CT molecular complexity index is 985. The molecule has 1 saturated carbocycles. The van der Waals surface area contributed by atoms with Gasteiger partial charge in [-0.2, -0.15) is 0 Å². The van der Waals surface area contributed by atoms with Gasteiger partial charge in [0.05, 0.1) is 16.2 Å². The number of hydrogen-bond acceptors (Lipinski definition) is 5. The van der Waals surface area contributed by atoms with Crippen molar-refractivity contribution in [2.45, 2.75) is 61.3 Å². The molecule has 2 aliphatic rings. The van der Waals surface area contributed by atoms with Crippen molar-refractivity contribution in [2.24, 2.45) is 0 Å². The lowest BCUT2D eigenvalue weighted by molar-refractivity contribution is 0.0819. The number of sulfone groups is 1. The molecule has 7 nitrogen and oxygen atoms in total. The number of pyridine rings is 1. The first-order valence-corrected chi connectivity index (χ1v) is 12.5. The zero-order valence-corrected chi connectivity index (χ0v) is 18.4. The first-order chi connectivity index (χ1) is 15.0. The van der Waals surface area contributed by atoms with Gasteiger partial charge in [-0.05, 0) is 55.5 Å². The van der Waals surface area contributed by atoms with Crippen molar-refractivity contribution < 1.29 is 17.9 Å². The monoisotopic (exact) mass is 443 g/mol. The highest BCUT2D eigenvalue weighted by Gasteiger charge is 2.30. The van der Waals surface area contributed by atoms with Crippen LogP contribution in [0.15, 0.2) is 53.7 Å². The summed E-state index contributed by atoms with van der Waals surface area (Å²) in [5, 5.41) is 2.57. The summed E-state index contributed by atoms with van der Waals surface area (Å²) in [5.41, 5.74) is 1.40. The number of aromatic nitrogens is 1. The van der Waals surface area contributed by atoms with Crippen LogP contribution in [0.4, 0.5) is 10.5 Å². The molecule has 8 heteroatoms. The minimum Gasteiger partial charge on any atom is -0.376 e. The quantitative estimate of drug-likeness (QED) is 0.698. The van der Waals surface area contributed by atoms with E-state index in [2.05, 4.69) is 10.3 Å². The van der Waals surface area contributed by atoms with Crippen LogP contribution in [0.5, 0.6) is 0 Å². The van der Waals surface area contributed by atoms with E-state index in [1.54, 1.807) is 41.6 Å². The van der Waals surface area contributed by atoms with E-state index in [0.717, 1.165) is 31.2 Å². The minimum absolute atomic E-state index is 0.0106. The zero-order chi connectivity index (χ0) is 21.7. The minimum atomic E-state index is -3.38. The topological polar surface area (TPSA) is 88.6 Å². The summed E-state index contributed by atoms with van der Waals surface area (Å²) in [6.07, 6.45) is 8.68. The number of urea groups is 1. The summed E-state index contributed by atoms with van der Waals surface area (Å²) < 4.78 is 31.6. The van der Waals surface area contributed by atoms with Gasteiger partial charge in [0.2, 0.25) is 0 Å². The van der Waals surface area contributed by atoms with Crippen LogP contribution >= 0.6 is 0 Å². The molecule has 31 heavy (non-hydrogen) atoms. The van der Waals surface area contributed by atoms with Crippen molar-refractivity contribution >= 4 is 21.6 Å². The molecule has 2 fully saturated rings. The predicted octanol–water partition coefficient (Wildman–Crippen LogP) is 4.01. The largest absolute Gasteiger partial charge is 0.376 e. The van der Waals surface area contributed by atoms with Gasteiger partial charge in [-0.3, -0.25) is 4.98 Å². The van der Waals surface area contributed by atoms with Crippen molar-refractivity contribution in [3.63, 3.8) is 0 Å². The average Bonchev–Trinajstić information content (AvgIpc) is 3.49. The number of rotatable bonds is 7. The molecule has 1 aromatic heterocycles. The van der Waals surface area contributed by atoms with Gasteiger partial charge in [-0.15, -0.1) is 0 Å². The molecule has 2 heterocycles. The van der Waals surface area contributed by atoms with E-state index in [4.69, 9.17) is 4.74 Å². The number of nitrogens with zero attached hydrogens (tertiary/aromatic N) is 2. The van der Waals surface area contributed by atoms with E-state index >= 15 is 0 Å². The molecule has 0 radical (unpaired) electrons. The molecular weight excluding hydrogens is 414 g/mol. The smallest absolute Gasteiger partial charge is 0.322 e. The molecule has 1 atom stereocenters.